The van der Waals surface area contributed by atoms with Gasteiger partial charge in [-0.25, -0.2) is 4.98 Å². The van der Waals surface area contributed by atoms with Crippen molar-refractivity contribution < 1.29 is 4.74 Å². The van der Waals surface area contributed by atoms with E-state index in [2.05, 4.69) is 102 Å². The Hall–Kier alpha value is -3.11. The minimum atomic E-state index is -0.373. The molecule has 0 bridgehead atoms. The molecule has 1 aromatic heterocycles. The summed E-state index contributed by atoms with van der Waals surface area (Å²) in [6, 6.07) is 29.9. The molecule has 144 valence electrons. The second-order valence-corrected chi connectivity index (χ2v) is 8.46. The van der Waals surface area contributed by atoms with Crippen molar-refractivity contribution in [2.75, 3.05) is 6.61 Å². The molecule has 4 heteroatoms. The Labute approximate surface area is 174 Å². The van der Waals surface area contributed by atoms with Gasteiger partial charge in [0.1, 0.15) is 15.3 Å². The maximum atomic E-state index is 5.90. The molecule has 0 aliphatic heterocycles. The van der Waals surface area contributed by atoms with Gasteiger partial charge in [-0.3, -0.25) is 0 Å². The first kappa shape index (κ1) is 19.2. The SMILES string of the molecule is CCCOc1cccc([Si]C(c2ccccc2)(c2ccccc2)n2ccnc2)c1. The molecule has 4 rings (SSSR count). The highest BCUT2D eigenvalue weighted by molar-refractivity contribution is 6.57. The van der Waals surface area contributed by atoms with Gasteiger partial charge in [-0.2, -0.15) is 0 Å². The highest BCUT2D eigenvalue weighted by atomic mass is 28.2. The summed E-state index contributed by atoms with van der Waals surface area (Å²) >= 11 is 0. The number of nitrogens with zero attached hydrogens (tertiary/aromatic N) is 2. The molecule has 0 saturated carbocycles. The van der Waals surface area contributed by atoms with Crippen LogP contribution in [-0.4, -0.2) is 25.7 Å². The molecular weight excluding hydrogens is 372 g/mol. The fourth-order valence-corrected chi connectivity index (χ4v) is 5.28. The van der Waals surface area contributed by atoms with Crippen LogP contribution in [-0.2, 0) is 5.16 Å². The summed E-state index contributed by atoms with van der Waals surface area (Å²) < 4.78 is 8.13. The van der Waals surface area contributed by atoms with Gasteiger partial charge >= 0.3 is 0 Å². The fourth-order valence-electron chi connectivity index (χ4n) is 3.58. The molecule has 0 N–H and O–H groups in total. The molecule has 3 aromatic carbocycles. The van der Waals surface area contributed by atoms with Crippen molar-refractivity contribution >= 4 is 14.7 Å². The Kier molecular flexibility index (Phi) is 5.91. The van der Waals surface area contributed by atoms with Crippen molar-refractivity contribution in [2.45, 2.75) is 18.5 Å². The van der Waals surface area contributed by atoms with Crippen LogP contribution in [0.3, 0.4) is 0 Å². The first-order valence-corrected chi connectivity index (χ1v) is 10.9. The summed E-state index contributed by atoms with van der Waals surface area (Å²) in [6.07, 6.45) is 6.83. The molecule has 0 spiro atoms. The van der Waals surface area contributed by atoms with Gasteiger partial charge in [0, 0.05) is 12.4 Å². The van der Waals surface area contributed by atoms with Crippen LogP contribution >= 0.6 is 0 Å². The van der Waals surface area contributed by atoms with Crippen molar-refractivity contribution in [2.24, 2.45) is 0 Å². The first-order chi connectivity index (χ1) is 14.3. The summed E-state index contributed by atoms with van der Waals surface area (Å²) in [7, 11) is 0.460. The molecule has 0 unspecified atom stereocenters. The summed E-state index contributed by atoms with van der Waals surface area (Å²) in [6.45, 7) is 2.86. The van der Waals surface area contributed by atoms with E-state index in [1.54, 1.807) is 0 Å². The number of aromatic nitrogens is 2. The van der Waals surface area contributed by atoms with Crippen molar-refractivity contribution in [3.63, 3.8) is 0 Å². The molecule has 1 heterocycles. The zero-order valence-corrected chi connectivity index (χ0v) is 17.5. The van der Waals surface area contributed by atoms with Gasteiger partial charge in [0.15, 0.2) is 0 Å². The van der Waals surface area contributed by atoms with Crippen LogP contribution in [0.15, 0.2) is 104 Å². The molecule has 0 aliphatic carbocycles. The highest BCUT2D eigenvalue weighted by Gasteiger charge is 2.37. The Morgan fingerprint density at radius 1 is 0.897 bits per heavy atom. The van der Waals surface area contributed by atoms with Crippen molar-refractivity contribution in [1.29, 1.82) is 0 Å². The number of ether oxygens (including phenoxy) is 1. The summed E-state index contributed by atoms with van der Waals surface area (Å²) in [4.78, 5) is 4.38. The van der Waals surface area contributed by atoms with Gasteiger partial charge < -0.3 is 9.30 Å². The normalized spacial score (nSPS) is 11.3. The van der Waals surface area contributed by atoms with E-state index >= 15 is 0 Å². The van der Waals surface area contributed by atoms with Crippen LogP contribution < -0.4 is 9.92 Å². The maximum absolute atomic E-state index is 5.90. The topological polar surface area (TPSA) is 27.1 Å². The summed E-state index contributed by atoms with van der Waals surface area (Å²) in [5.74, 6) is 0.928. The molecule has 0 amide bonds. The molecule has 29 heavy (non-hydrogen) atoms. The van der Waals surface area contributed by atoms with Crippen LogP contribution in [0.2, 0.25) is 0 Å². The summed E-state index contributed by atoms with van der Waals surface area (Å²) in [5.41, 5.74) is 2.48. The first-order valence-electron chi connectivity index (χ1n) is 9.93. The lowest BCUT2D eigenvalue weighted by Crippen LogP contribution is -2.46. The largest absolute Gasteiger partial charge is 0.494 e. The standard InChI is InChI=1S/C25H24N2OSi/c1-2-18-28-23-14-9-15-24(19-23)29-25(27-17-16-26-20-27,21-10-5-3-6-11-21)22-12-7-4-8-13-22/h3-17,19-20H,2,18H2,1H3. The van der Waals surface area contributed by atoms with Crippen LogP contribution in [0.1, 0.15) is 24.5 Å². The Morgan fingerprint density at radius 2 is 1.59 bits per heavy atom. The van der Waals surface area contributed by atoms with Crippen LogP contribution in [0.5, 0.6) is 5.75 Å². The summed E-state index contributed by atoms with van der Waals surface area (Å²) in [5, 5.41) is 0.877. The Balaban J connectivity index is 1.87. The Morgan fingerprint density at radius 3 is 2.17 bits per heavy atom. The van der Waals surface area contributed by atoms with Gasteiger partial charge in [0.2, 0.25) is 0 Å². The van der Waals surface area contributed by atoms with E-state index < -0.39 is 0 Å². The van der Waals surface area contributed by atoms with E-state index in [9.17, 15) is 0 Å². The average Bonchev–Trinajstić information content (AvgIpc) is 3.33. The molecule has 3 nitrogen and oxygen atoms in total. The predicted molar refractivity (Wildman–Crippen MR) is 119 cm³/mol. The number of rotatable bonds is 8. The lowest BCUT2D eigenvalue weighted by Gasteiger charge is -2.36. The lowest BCUT2D eigenvalue weighted by molar-refractivity contribution is 0.317. The molecule has 0 saturated heterocycles. The van der Waals surface area contributed by atoms with E-state index in [0.717, 1.165) is 18.8 Å². The van der Waals surface area contributed by atoms with E-state index in [4.69, 9.17) is 4.74 Å². The number of benzene rings is 3. The monoisotopic (exact) mass is 396 g/mol. The van der Waals surface area contributed by atoms with E-state index in [1.807, 2.05) is 18.6 Å². The van der Waals surface area contributed by atoms with Gasteiger partial charge in [-0.1, -0.05) is 84.9 Å². The maximum Gasteiger partial charge on any atom is 0.128 e. The number of hydrogen-bond donors (Lipinski definition) is 0. The smallest absolute Gasteiger partial charge is 0.128 e. The third-order valence-electron chi connectivity index (χ3n) is 4.91. The van der Waals surface area contributed by atoms with Gasteiger partial charge in [-0.15, -0.1) is 0 Å². The minimum Gasteiger partial charge on any atom is -0.494 e. The quantitative estimate of drug-likeness (QED) is 0.412. The minimum absolute atomic E-state index is 0.373. The molecular formula is C25H24N2OSi. The second kappa shape index (κ2) is 8.93. The second-order valence-electron chi connectivity index (χ2n) is 6.91. The van der Waals surface area contributed by atoms with Crippen LogP contribution in [0.4, 0.5) is 0 Å². The van der Waals surface area contributed by atoms with E-state index in [0.29, 0.717) is 9.52 Å². The fraction of sp³-hybridized carbons (Fsp3) is 0.160. The van der Waals surface area contributed by atoms with Crippen LogP contribution in [0, 0.1) is 0 Å². The van der Waals surface area contributed by atoms with Crippen molar-refractivity contribution in [3.05, 3.63) is 115 Å². The van der Waals surface area contributed by atoms with Gasteiger partial charge in [-0.05, 0) is 29.7 Å². The highest BCUT2D eigenvalue weighted by Crippen LogP contribution is 2.33. The van der Waals surface area contributed by atoms with E-state index in [1.165, 1.54) is 16.3 Å². The molecule has 0 fully saturated rings. The zero-order valence-electron chi connectivity index (χ0n) is 16.5. The van der Waals surface area contributed by atoms with E-state index in [-0.39, 0.29) is 5.16 Å². The molecule has 2 radical (unpaired) electrons. The number of imidazole rings is 1. The molecule has 0 atom stereocenters. The van der Waals surface area contributed by atoms with Gasteiger partial charge in [0.05, 0.1) is 18.1 Å². The molecule has 0 aliphatic rings. The van der Waals surface area contributed by atoms with Crippen molar-refractivity contribution in [1.82, 2.24) is 9.55 Å². The number of hydrogen-bond acceptors (Lipinski definition) is 2. The Bertz CT molecular complexity index is 978. The van der Waals surface area contributed by atoms with Crippen molar-refractivity contribution in [3.8, 4) is 5.75 Å². The predicted octanol–water partition coefficient (Wildman–Crippen LogP) is 4.45. The third-order valence-corrected chi connectivity index (χ3v) is 6.70. The lowest BCUT2D eigenvalue weighted by atomic mass is 9.97. The molecule has 4 aromatic rings. The zero-order chi connectivity index (χ0) is 19.9. The third kappa shape index (κ3) is 4.03. The van der Waals surface area contributed by atoms with Gasteiger partial charge in [0.25, 0.3) is 0 Å². The van der Waals surface area contributed by atoms with Crippen LogP contribution in [0.25, 0.3) is 0 Å². The average molecular weight is 397 g/mol.